The van der Waals surface area contributed by atoms with Gasteiger partial charge in [0.05, 0.1) is 27.6 Å². The molecule has 9 heteroatoms. The van der Waals surface area contributed by atoms with Crippen LogP contribution in [0.4, 0.5) is 10.8 Å². The number of nitrogens with one attached hydrogen (secondary N) is 1. The molecule has 0 bridgehead atoms. The number of aryl methyl sites for hydroxylation is 2. The van der Waals surface area contributed by atoms with Crippen molar-refractivity contribution in [3.63, 3.8) is 0 Å². The summed E-state index contributed by atoms with van der Waals surface area (Å²) in [6.07, 6.45) is 0. The van der Waals surface area contributed by atoms with E-state index in [0.29, 0.717) is 16.5 Å². The molecular formula is C17H19N5O3S. The van der Waals surface area contributed by atoms with Gasteiger partial charge in [-0.15, -0.1) is 0 Å². The first kappa shape index (κ1) is 18.0. The molecule has 26 heavy (non-hydrogen) atoms. The van der Waals surface area contributed by atoms with E-state index in [1.54, 1.807) is 20.8 Å². The number of benzene rings is 1. The van der Waals surface area contributed by atoms with E-state index in [9.17, 15) is 14.9 Å². The van der Waals surface area contributed by atoms with Gasteiger partial charge in [0, 0.05) is 0 Å². The maximum atomic E-state index is 12.5. The summed E-state index contributed by atoms with van der Waals surface area (Å²) in [5.74, 6) is -0.614. The Balaban J connectivity index is 1.73. The standard InChI is InChI=1S/C17H19N5O3S/c1-9-5-6-13-14(7-9)26-17(18-13)19-16(23)10(2)8-21-12(4)15(22(24)25)11(3)20-21/h5-7,10H,8H2,1-4H3,(H,18,19,23). The molecule has 2 aromatic heterocycles. The molecule has 0 saturated carbocycles. The lowest BCUT2D eigenvalue weighted by atomic mass is 10.1. The maximum Gasteiger partial charge on any atom is 0.312 e. The van der Waals surface area contributed by atoms with Crippen LogP contribution >= 0.6 is 11.3 Å². The quantitative estimate of drug-likeness (QED) is 0.544. The molecule has 0 saturated heterocycles. The molecule has 1 N–H and O–H groups in total. The number of nitrogens with zero attached hydrogens (tertiary/aromatic N) is 4. The molecule has 2 heterocycles. The number of anilines is 1. The van der Waals surface area contributed by atoms with Gasteiger partial charge in [-0.05, 0) is 38.5 Å². The second-order valence-corrected chi connectivity index (χ2v) is 7.37. The zero-order valence-electron chi connectivity index (χ0n) is 14.9. The Bertz CT molecular complexity index is 1010. The van der Waals surface area contributed by atoms with Gasteiger partial charge >= 0.3 is 5.69 Å². The number of nitro groups is 1. The Morgan fingerprint density at radius 2 is 2.12 bits per heavy atom. The van der Waals surface area contributed by atoms with Crippen molar-refractivity contribution in [2.24, 2.45) is 5.92 Å². The molecule has 3 aromatic rings. The van der Waals surface area contributed by atoms with Crippen molar-refractivity contribution in [1.82, 2.24) is 14.8 Å². The molecule has 3 rings (SSSR count). The van der Waals surface area contributed by atoms with Gasteiger partial charge in [-0.3, -0.25) is 19.6 Å². The fourth-order valence-corrected chi connectivity index (χ4v) is 3.75. The fourth-order valence-electron chi connectivity index (χ4n) is 2.79. The van der Waals surface area contributed by atoms with Gasteiger partial charge in [-0.1, -0.05) is 24.3 Å². The molecule has 1 aromatic carbocycles. The number of hydrogen-bond acceptors (Lipinski definition) is 6. The third-order valence-electron chi connectivity index (χ3n) is 4.19. The first-order valence-electron chi connectivity index (χ1n) is 8.12. The summed E-state index contributed by atoms with van der Waals surface area (Å²) in [6, 6.07) is 5.93. The van der Waals surface area contributed by atoms with Crippen LogP contribution < -0.4 is 5.32 Å². The minimum absolute atomic E-state index is 0.000786. The summed E-state index contributed by atoms with van der Waals surface area (Å²) in [6.45, 7) is 7.26. The van der Waals surface area contributed by atoms with E-state index in [-0.39, 0.29) is 18.1 Å². The Hall–Kier alpha value is -2.81. The van der Waals surface area contributed by atoms with Crippen LogP contribution in [0.15, 0.2) is 18.2 Å². The van der Waals surface area contributed by atoms with E-state index in [2.05, 4.69) is 15.4 Å². The van der Waals surface area contributed by atoms with Crippen LogP contribution in [0.3, 0.4) is 0 Å². The molecule has 0 fully saturated rings. The van der Waals surface area contributed by atoms with E-state index in [1.165, 1.54) is 16.0 Å². The molecule has 0 spiro atoms. The summed E-state index contributed by atoms with van der Waals surface area (Å²) in [7, 11) is 0. The average Bonchev–Trinajstić information content (AvgIpc) is 3.06. The molecule has 0 aliphatic heterocycles. The van der Waals surface area contributed by atoms with E-state index >= 15 is 0 Å². The van der Waals surface area contributed by atoms with E-state index < -0.39 is 10.8 Å². The number of rotatable bonds is 5. The van der Waals surface area contributed by atoms with Crippen LogP contribution in [0, 0.1) is 36.8 Å². The van der Waals surface area contributed by atoms with Crippen molar-refractivity contribution in [2.45, 2.75) is 34.2 Å². The number of carbonyl (C=O) groups is 1. The molecule has 1 unspecified atom stereocenters. The highest BCUT2D eigenvalue weighted by Crippen LogP contribution is 2.27. The summed E-state index contributed by atoms with van der Waals surface area (Å²) < 4.78 is 2.53. The van der Waals surface area contributed by atoms with E-state index in [4.69, 9.17) is 0 Å². The number of amides is 1. The molecule has 136 valence electrons. The van der Waals surface area contributed by atoms with Gasteiger partial charge in [0.2, 0.25) is 5.91 Å². The first-order chi connectivity index (χ1) is 12.3. The SMILES string of the molecule is Cc1ccc2nc(NC(=O)C(C)Cn3nc(C)c([N+](=O)[O-])c3C)sc2c1. The van der Waals surface area contributed by atoms with Crippen molar-refractivity contribution < 1.29 is 9.72 Å². The van der Waals surface area contributed by atoms with Gasteiger partial charge in [0.15, 0.2) is 5.13 Å². The molecule has 0 aliphatic carbocycles. The Kier molecular flexibility index (Phi) is 4.73. The maximum absolute atomic E-state index is 12.5. The third-order valence-corrected chi connectivity index (χ3v) is 5.13. The Labute approximate surface area is 154 Å². The van der Waals surface area contributed by atoms with Crippen LogP contribution in [0.5, 0.6) is 0 Å². The summed E-state index contributed by atoms with van der Waals surface area (Å²) >= 11 is 1.42. The number of thiazole rings is 1. The molecule has 8 nitrogen and oxygen atoms in total. The van der Waals surface area contributed by atoms with Crippen LogP contribution in [-0.2, 0) is 11.3 Å². The van der Waals surface area contributed by atoms with Crippen molar-refractivity contribution in [3.05, 3.63) is 45.3 Å². The van der Waals surface area contributed by atoms with Gasteiger partial charge < -0.3 is 5.32 Å². The summed E-state index contributed by atoms with van der Waals surface area (Å²) in [4.78, 5) is 27.5. The topological polar surface area (TPSA) is 103 Å². The highest BCUT2D eigenvalue weighted by molar-refractivity contribution is 7.22. The van der Waals surface area contributed by atoms with Crippen LogP contribution in [0.1, 0.15) is 23.9 Å². The molecule has 1 atom stereocenters. The van der Waals surface area contributed by atoms with Gasteiger partial charge in [0.25, 0.3) is 0 Å². The number of aromatic nitrogens is 3. The second-order valence-electron chi connectivity index (χ2n) is 6.34. The lowest BCUT2D eigenvalue weighted by Gasteiger charge is -2.11. The zero-order chi connectivity index (χ0) is 19.0. The predicted octanol–water partition coefficient (Wildman–Crippen LogP) is 3.60. The number of hydrogen-bond donors (Lipinski definition) is 1. The van der Waals surface area contributed by atoms with E-state index in [0.717, 1.165) is 15.8 Å². The number of carbonyl (C=O) groups excluding carboxylic acids is 1. The normalized spacial score (nSPS) is 12.3. The van der Waals surface area contributed by atoms with E-state index in [1.807, 2.05) is 25.1 Å². The predicted molar refractivity (Wildman–Crippen MR) is 101 cm³/mol. The summed E-state index contributed by atoms with van der Waals surface area (Å²) in [5, 5.41) is 18.7. The third kappa shape index (κ3) is 3.43. The van der Waals surface area contributed by atoms with Gasteiger partial charge in [-0.2, -0.15) is 5.10 Å². The Morgan fingerprint density at radius 3 is 2.77 bits per heavy atom. The van der Waals surface area contributed by atoms with Crippen LogP contribution in [0.2, 0.25) is 0 Å². The minimum atomic E-state index is -0.442. The molecule has 0 radical (unpaired) electrons. The number of fused-ring (bicyclic) bond motifs is 1. The molecule has 1 amide bonds. The lowest BCUT2D eigenvalue weighted by Crippen LogP contribution is -2.25. The van der Waals surface area contributed by atoms with Gasteiger partial charge in [0.1, 0.15) is 11.4 Å². The minimum Gasteiger partial charge on any atom is -0.302 e. The van der Waals surface area contributed by atoms with Crippen molar-refractivity contribution in [3.8, 4) is 0 Å². The van der Waals surface area contributed by atoms with Gasteiger partial charge in [-0.25, -0.2) is 4.98 Å². The largest absolute Gasteiger partial charge is 0.312 e. The average molecular weight is 373 g/mol. The fraction of sp³-hybridized carbons (Fsp3) is 0.353. The smallest absolute Gasteiger partial charge is 0.302 e. The van der Waals surface area contributed by atoms with Crippen LogP contribution in [0.25, 0.3) is 10.2 Å². The van der Waals surface area contributed by atoms with Crippen molar-refractivity contribution in [2.75, 3.05) is 5.32 Å². The summed E-state index contributed by atoms with van der Waals surface area (Å²) in [5.41, 5.74) is 2.78. The monoisotopic (exact) mass is 373 g/mol. The van der Waals surface area contributed by atoms with Crippen LogP contribution in [-0.4, -0.2) is 25.6 Å². The first-order valence-corrected chi connectivity index (χ1v) is 8.94. The highest BCUT2D eigenvalue weighted by Gasteiger charge is 2.24. The van der Waals surface area contributed by atoms with Crippen molar-refractivity contribution in [1.29, 1.82) is 0 Å². The highest BCUT2D eigenvalue weighted by atomic mass is 32.1. The second kappa shape index (κ2) is 6.83. The zero-order valence-corrected chi connectivity index (χ0v) is 15.8. The van der Waals surface area contributed by atoms with Crippen molar-refractivity contribution >= 4 is 38.3 Å². The molecular weight excluding hydrogens is 354 g/mol. The Morgan fingerprint density at radius 1 is 1.38 bits per heavy atom. The molecule has 0 aliphatic rings. The lowest BCUT2D eigenvalue weighted by molar-refractivity contribution is -0.386.